The zero-order valence-corrected chi connectivity index (χ0v) is 9.35. The van der Waals surface area contributed by atoms with Gasteiger partial charge in [-0.25, -0.2) is 0 Å². The lowest BCUT2D eigenvalue weighted by Crippen LogP contribution is -2.16. The maximum absolute atomic E-state index is 3.55. The van der Waals surface area contributed by atoms with Crippen molar-refractivity contribution in [3.63, 3.8) is 0 Å². The summed E-state index contributed by atoms with van der Waals surface area (Å²) in [5.74, 6) is 0. The lowest BCUT2D eigenvalue weighted by molar-refractivity contribution is 0.478. The molecule has 14 heavy (non-hydrogen) atoms. The predicted octanol–water partition coefficient (Wildman–Crippen LogP) is 3.48. The second-order valence-corrected chi connectivity index (χ2v) is 4.91. The molecule has 1 aromatic carbocycles. The van der Waals surface area contributed by atoms with E-state index < -0.39 is 0 Å². The summed E-state index contributed by atoms with van der Waals surface area (Å²) < 4.78 is 0. The third-order valence-corrected chi connectivity index (χ3v) is 3.28. The Morgan fingerprint density at radius 3 is 2.86 bits per heavy atom. The van der Waals surface area contributed by atoms with Crippen molar-refractivity contribution >= 4 is 5.69 Å². The number of aryl methyl sites for hydroxylation is 1. The molecule has 1 heteroatoms. The van der Waals surface area contributed by atoms with Crippen molar-refractivity contribution in [2.24, 2.45) is 0 Å². The van der Waals surface area contributed by atoms with E-state index in [-0.39, 0.29) is 0 Å². The summed E-state index contributed by atoms with van der Waals surface area (Å²) in [7, 11) is 0. The van der Waals surface area contributed by atoms with Crippen LogP contribution in [0.3, 0.4) is 0 Å². The normalized spacial score (nSPS) is 19.4. The lowest BCUT2D eigenvalue weighted by atomic mass is 9.80. The number of anilines is 1. The molecule has 0 bridgehead atoms. The van der Waals surface area contributed by atoms with Gasteiger partial charge in [0.25, 0.3) is 0 Å². The van der Waals surface area contributed by atoms with E-state index in [0.29, 0.717) is 5.41 Å². The van der Waals surface area contributed by atoms with Gasteiger partial charge >= 0.3 is 0 Å². The zero-order valence-electron chi connectivity index (χ0n) is 9.35. The van der Waals surface area contributed by atoms with Crippen LogP contribution in [0.4, 0.5) is 5.69 Å². The fraction of sp³-hybridized carbons (Fsp3) is 0.538. The van der Waals surface area contributed by atoms with Crippen LogP contribution >= 0.6 is 0 Å². The zero-order chi connectivity index (χ0) is 10.2. The molecule has 76 valence electrons. The van der Waals surface area contributed by atoms with Gasteiger partial charge in [-0.15, -0.1) is 0 Å². The molecule has 0 amide bonds. The van der Waals surface area contributed by atoms with Gasteiger partial charge in [0.2, 0.25) is 0 Å². The molecule has 1 N–H and O–H groups in total. The highest BCUT2D eigenvalue weighted by Gasteiger charge is 2.25. The number of hydrogen-bond donors (Lipinski definition) is 1. The van der Waals surface area contributed by atoms with E-state index in [4.69, 9.17) is 0 Å². The van der Waals surface area contributed by atoms with E-state index in [9.17, 15) is 0 Å². The van der Waals surface area contributed by atoms with Crippen LogP contribution in [0.1, 0.15) is 37.8 Å². The number of benzene rings is 1. The van der Waals surface area contributed by atoms with Gasteiger partial charge in [0.15, 0.2) is 0 Å². The summed E-state index contributed by atoms with van der Waals surface area (Å²) in [6.07, 6.45) is 2.54. The SMILES string of the molecule is Cc1cccc2c1NCCCC2(C)C. The van der Waals surface area contributed by atoms with Crippen LogP contribution in [-0.4, -0.2) is 6.54 Å². The molecular formula is C13H19N. The largest absolute Gasteiger partial charge is 0.385 e. The van der Waals surface area contributed by atoms with Crippen molar-refractivity contribution in [3.8, 4) is 0 Å². The smallest absolute Gasteiger partial charge is 0.0407 e. The minimum Gasteiger partial charge on any atom is -0.385 e. The number of nitrogens with one attached hydrogen (secondary N) is 1. The topological polar surface area (TPSA) is 12.0 Å². The van der Waals surface area contributed by atoms with Gasteiger partial charge < -0.3 is 5.32 Å². The Kier molecular flexibility index (Phi) is 2.26. The quantitative estimate of drug-likeness (QED) is 0.659. The number of rotatable bonds is 0. The molecular weight excluding hydrogens is 170 g/mol. The van der Waals surface area contributed by atoms with Gasteiger partial charge in [-0.2, -0.15) is 0 Å². The van der Waals surface area contributed by atoms with Crippen LogP contribution in [0, 0.1) is 6.92 Å². The van der Waals surface area contributed by atoms with Crippen LogP contribution in [0.15, 0.2) is 18.2 Å². The van der Waals surface area contributed by atoms with Crippen LogP contribution in [0.25, 0.3) is 0 Å². The Morgan fingerprint density at radius 2 is 2.07 bits per heavy atom. The van der Waals surface area contributed by atoms with E-state index in [0.717, 1.165) is 6.54 Å². The van der Waals surface area contributed by atoms with E-state index in [1.807, 2.05) is 0 Å². The van der Waals surface area contributed by atoms with Gasteiger partial charge in [0.05, 0.1) is 0 Å². The third kappa shape index (κ3) is 1.52. The first-order valence-electron chi connectivity index (χ1n) is 5.45. The van der Waals surface area contributed by atoms with Gasteiger partial charge in [0.1, 0.15) is 0 Å². The molecule has 0 saturated heterocycles. The Morgan fingerprint density at radius 1 is 1.29 bits per heavy atom. The summed E-state index contributed by atoms with van der Waals surface area (Å²) in [5, 5.41) is 3.55. The molecule has 1 nitrogen and oxygen atoms in total. The minimum atomic E-state index is 0.324. The van der Waals surface area contributed by atoms with Crippen molar-refractivity contribution in [2.75, 3.05) is 11.9 Å². The Hall–Kier alpha value is -0.980. The van der Waals surface area contributed by atoms with Crippen LogP contribution in [-0.2, 0) is 5.41 Å². The fourth-order valence-corrected chi connectivity index (χ4v) is 2.34. The Balaban J connectivity index is 2.56. The third-order valence-electron chi connectivity index (χ3n) is 3.28. The van der Waals surface area contributed by atoms with Crippen LogP contribution < -0.4 is 5.32 Å². The molecule has 1 aliphatic heterocycles. The average molecular weight is 189 g/mol. The predicted molar refractivity (Wildman–Crippen MR) is 61.9 cm³/mol. The molecule has 1 aromatic rings. The maximum Gasteiger partial charge on any atom is 0.0407 e. The second-order valence-electron chi connectivity index (χ2n) is 4.91. The first-order valence-corrected chi connectivity index (χ1v) is 5.45. The van der Waals surface area contributed by atoms with Crippen molar-refractivity contribution in [2.45, 2.75) is 39.0 Å². The van der Waals surface area contributed by atoms with Gasteiger partial charge in [-0.05, 0) is 36.3 Å². The first kappa shape index (κ1) is 9.57. The minimum absolute atomic E-state index is 0.324. The van der Waals surface area contributed by atoms with Crippen molar-refractivity contribution in [1.82, 2.24) is 0 Å². The summed E-state index contributed by atoms with van der Waals surface area (Å²) in [6, 6.07) is 6.62. The van der Waals surface area contributed by atoms with Crippen molar-refractivity contribution < 1.29 is 0 Å². The second kappa shape index (κ2) is 3.30. The summed E-state index contributed by atoms with van der Waals surface area (Å²) in [5.41, 5.74) is 4.55. The molecule has 0 atom stereocenters. The van der Waals surface area contributed by atoms with Crippen LogP contribution in [0.2, 0.25) is 0 Å². The summed E-state index contributed by atoms with van der Waals surface area (Å²) in [4.78, 5) is 0. The molecule has 0 unspecified atom stereocenters. The molecule has 1 aliphatic rings. The Bertz CT molecular complexity index is 339. The van der Waals surface area contributed by atoms with E-state index in [1.54, 1.807) is 0 Å². The lowest BCUT2D eigenvalue weighted by Gasteiger charge is -2.25. The van der Waals surface area contributed by atoms with Crippen molar-refractivity contribution in [1.29, 1.82) is 0 Å². The van der Waals surface area contributed by atoms with Crippen LogP contribution in [0.5, 0.6) is 0 Å². The highest BCUT2D eigenvalue weighted by atomic mass is 14.9. The van der Waals surface area contributed by atoms with E-state index in [2.05, 4.69) is 44.3 Å². The summed E-state index contributed by atoms with van der Waals surface area (Å²) in [6.45, 7) is 7.99. The number of hydrogen-bond acceptors (Lipinski definition) is 1. The number of para-hydroxylation sites is 1. The van der Waals surface area contributed by atoms with E-state index >= 15 is 0 Å². The molecule has 0 fully saturated rings. The summed E-state index contributed by atoms with van der Waals surface area (Å²) >= 11 is 0. The molecule has 1 heterocycles. The molecule has 2 rings (SSSR count). The van der Waals surface area contributed by atoms with E-state index in [1.165, 1.54) is 29.7 Å². The monoisotopic (exact) mass is 189 g/mol. The first-order chi connectivity index (χ1) is 6.61. The van der Waals surface area contributed by atoms with Gasteiger partial charge in [0, 0.05) is 12.2 Å². The molecule has 0 spiro atoms. The highest BCUT2D eigenvalue weighted by molar-refractivity contribution is 5.60. The van der Waals surface area contributed by atoms with Crippen molar-refractivity contribution in [3.05, 3.63) is 29.3 Å². The maximum atomic E-state index is 3.55. The molecule has 0 aromatic heterocycles. The molecule has 0 radical (unpaired) electrons. The average Bonchev–Trinajstić information content (AvgIpc) is 2.27. The standard InChI is InChI=1S/C13H19N/c1-10-6-4-7-11-12(10)14-9-5-8-13(11,2)3/h4,6-7,14H,5,8-9H2,1-3H3. The fourth-order valence-electron chi connectivity index (χ4n) is 2.34. The highest BCUT2D eigenvalue weighted by Crippen LogP contribution is 2.37. The molecule has 0 saturated carbocycles. The molecule has 0 aliphatic carbocycles. The van der Waals surface area contributed by atoms with Gasteiger partial charge in [-0.1, -0.05) is 32.0 Å². The van der Waals surface area contributed by atoms with Gasteiger partial charge in [-0.3, -0.25) is 0 Å². The number of fused-ring (bicyclic) bond motifs is 1. The Labute approximate surface area is 86.5 Å².